The molecule has 0 amide bonds. The van der Waals surface area contributed by atoms with Gasteiger partial charge < -0.3 is 10.4 Å². The summed E-state index contributed by atoms with van der Waals surface area (Å²) in [5, 5.41) is 13.4. The van der Waals surface area contributed by atoms with Gasteiger partial charge in [-0.15, -0.1) is 0 Å². The quantitative estimate of drug-likeness (QED) is 0.855. The molecule has 2 N–H and O–H groups in total. The summed E-state index contributed by atoms with van der Waals surface area (Å²) in [6.07, 6.45) is 3.90. The highest BCUT2D eigenvalue weighted by molar-refractivity contribution is 5.35. The number of phenols is 1. The third-order valence-corrected chi connectivity index (χ3v) is 4.22. The van der Waals surface area contributed by atoms with Crippen LogP contribution in [0.25, 0.3) is 0 Å². The first kappa shape index (κ1) is 13.4. The normalized spacial score (nSPS) is 28.3. The molecule has 0 spiro atoms. The van der Waals surface area contributed by atoms with E-state index in [-0.39, 0.29) is 0 Å². The molecule has 1 aliphatic rings. The van der Waals surface area contributed by atoms with Crippen LogP contribution in [-0.2, 0) is 6.54 Å². The molecule has 1 aliphatic carbocycles. The lowest BCUT2D eigenvalue weighted by molar-refractivity contribution is 0.226. The molecule has 1 saturated carbocycles. The summed E-state index contributed by atoms with van der Waals surface area (Å²) in [7, 11) is 0. The highest BCUT2D eigenvalue weighted by Crippen LogP contribution is 2.29. The molecule has 18 heavy (non-hydrogen) atoms. The van der Waals surface area contributed by atoms with E-state index in [9.17, 15) is 5.11 Å². The topological polar surface area (TPSA) is 32.3 Å². The molecule has 1 fully saturated rings. The Morgan fingerprint density at radius 2 is 2.06 bits per heavy atom. The summed E-state index contributed by atoms with van der Waals surface area (Å²) >= 11 is 0. The second-order valence-corrected chi connectivity index (χ2v) is 6.02. The van der Waals surface area contributed by atoms with Crippen LogP contribution in [0.2, 0.25) is 0 Å². The summed E-state index contributed by atoms with van der Waals surface area (Å²) in [6, 6.07) is 6.40. The largest absolute Gasteiger partial charge is 0.508 e. The van der Waals surface area contributed by atoms with E-state index in [1.165, 1.54) is 24.8 Å². The molecule has 1 aromatic carbocycles. The van der Waals surface area contributed by atoms with Crippen molar-refractivity contribution in [1.29, 1.82) is 0 Å². The molecule has 100 valence electrons. The van der Waals surface area contributed by atoms with Gasteiger partial charge in [-0.05, 0) is 44.1 Å². The molecule has 1 aromatic rings. The Morgan fingerprint density at radius 1 is 1.28 bits per heavy atom. The molecule has 2 rings (SSSR count). The Morgan fingerprint density at radius 3 is 2.78 bits per heavy atom. The van der Waals surface area contributed by atoms with Crippen molar-refractivity contribution in [3.63, 3.8) is 0 Å². The van der Waals surface area contributed by atoms with Crippen LogP contribution < -0.4 is 5.32 Å². The van der Waals surface area contributed by atoms with Crippen LogP contribution in [0.15, 0.2) is 18.2 Å². The van der Waals surface area contributed by atoms with E-state index < -0.39 is 0 Å². The molecule has 0 aliphatic heterocycles. The summed E-state index contributed by atoms with van der Waals surface area (Å²) < 4.78 is 0. The molecule has 3 atom stereocenters. The maximum absolute atomic E-state index is 9.83. The van der Waals surface area contributed by atoms with Crippen LogP contribution >= 0.6 is 0 Å². The van der Waals surface area contributed by atoms with Crippen LogP contribution in [0.1, 0.15) is 44.2 Å². The van der Waals surface area contributed by atoms with Gasteiger partial charge in [0.15, 0.2) is 0 Å². The van der Waals surface area contributed by atoms with Gasteiger partial charge in [-0.3, -0.25) is 0 Å². The lowest BCUT2D eigenvalue weighted by atomic mass is 9.80. The number of aryl methyl sites for hydroxylation is 1. The number of nitrogens with one attached hydrogen (secondary N) is 1. The van der Waals surface area contributed by atoms with Gasteiger partial charge in [-0.2, -0.15) is 0 Å². The number of benzene rings is 1. The van der Waals surface area contributed by atoms with E-state index in [1.807, 2.05) is 6.07 Å². The minimum atomic E-state index is 0.407. The van der Waals surface area contributed by atoms with Gasteiger partial charge in [-0.25, -0.2) is 0 Å². The van der Waals surface area contributed by atoms with Gasteiger partial charge in [0.1, 0.15) is 5.75 Å². The fourth-order valence-electron chi connectivity index (χ4n) is 3.07. The van der Waals surface area contributed by atoms with Crippen molar-refractivity contribution in [1.82, 2.24) is 5.32 Å². The molecule has 0 bridgehead atoms. The second-order valence-electron chi connectivity index (χ2n) is 6.02. The molecule has 2 heteroatoms. The zero-order valence-corrected chi connectivity index (χ0v) is 11.7. The third-order valence-electron chi connectivity index (χ3n) is 4.22. The van der Waals surface area contributed by atoms with Crippen LogP contribution in [0.5, 0.6) is 5.75 Å². The predicted molar refractivity (Wildman–Crippen MR) is 75.7 cm³/mol. The number of aromatic hydroxyl groups is 1. The smallest absolute Gasteiger partial charge is 0.120 e. The van der Waals surface area contributed by atoms with Crippen LogP contribution in [0.3, 0.4) is 0 Å². The van der Waals surface area contributed by atoms with E-state index in [2.05, 4.69) is 32.2 Å². The van der Waals surface area contributed by atoms with Crippen LogP contribution in [0.4, 0.5) is 0 Å². The maximum Gasteiger partial charge on any atom is 0.120 e. The summed E-state index contributed by atoms with van der Waals surface area (Å²) in [4.78, 5) is 0. The molecule has 0 heterocycles. The Balaban J connectivity index is 1.93. The fourth-order valence-corrected chi connectivity index (χ4v) is 3.07. The predicted octanol–water partition coefficient (Wildman–Crippen LogP) is 3.61. The minimum Gasteiger partial charge on any atom is -0.508 e. The van der Waals surface area contributed by atoms with Crippen molar-refractivity contribution in [2.75, 3.05) is 0 Å². The van der Waals surface area contributed by atoms with E-state index in [4.69, 9.17) is 0 Å². The molecule has 3 unspecified atom stereocenters. The maximum atomic E-state index is 9.83. The van der Waals surface area contributed by atoms with Crippen molar-refractivity contribution in [3.8, 4) is 5.75 Å². The van der Waals surface area contributed by atoms with E-state index in [0.717, 1.165) is 23.9 Å². The van der Waals surface area contributed by atoms with E-state index >= 15 is 0 Å². The number of rotatable bonds is 3. The summed E-state index contributed by atoms with van der Waals surface area (Å²) in [6.45, 7) is 7.52. The average Bonchev–Trinajstić information content (AvgIpc) is 2.32. The monoisotopic (exact) mass is 247 g/mol. The summed E-state index contributed by atoms with van der Waals surface area (Å²) in [5.41, 5.74) is 2.22. The van der Waals surface area contributed by atoms with Crippen molar-refractivity contribution in [2.24, 2.45) is 11.8 Å². The molecule has 0 aromatic heterocycles. The van der Waals surface area contributed by atoms with Gasteiger partial charge in [0, 0.05) is 18.2 Å². The minimum absolute atomic E-state index is 0.407. The van der Waals surface area contributed by atoms with E-state index in [0.29, 0.717) is 11.8 Å². The SMILES string of the molecule is Cc1ccc(O)c(CNC2CCC(C)CC2C)c1. The van der Waals surface area contributed by atoms with Gasteiger partial charge in [0.05, 0.1) is 0 Å². The van der Waals surface area contributed by atoms with E-state index in [1.54, 1.807) is 6.07 Å². The molecule has 2 nitrogen and oxygen atoms in total. The van der Waals surface area contributed by atoms with Crippen molar-refractivity contribution in [3.05, 3.63) is 29.3 Å². The Labute approximate surface area is 110 Å². The first-order valence-electron chi connectivity index (χ1n) is 7.08. The van der Waals surface area contributed by atoms with Gasteiger partial charge in [0.2, 0.25) is 0 Å². The molecule has 0 saturated heterocycles. The molecular weight excluding hydrogens is 222 g/mol. The zero-order chi connectivity index (χ0) is 13.1. The Hall–Kier alpha value is -1.02. The lowest BCUT2D eigenvalue weighted by Gasteiger charge is -2.33. The number of hydrogen-bond donors (Lipinski definition) is 2. The zero-order valence-electron chi connectivity index (χ0n) is 11.7. The van der Waals surface area contributed by atoms with Crippen LogP contribution in [0, 0.1) is 18.8 Å². The van der Waals surface area contributed by atoms with Crippen molar-refractivity contribution in [2.45, 2.75) is 52.6 Å². The van der Waals surface area contributed by atoms with Gasteiger partial charge >= 0.3 is 0 Å². The Kier molecular flexibility index (Phi) is 4.28. The number of phenolic OH excluding ortho intramolecular Hbond substituents is 1. The van der Waals surface area contributed by atoms with Gasteiger partial charge in [0.25, 0.3) is 0 Å². The third kappa shape index (κ3) is 3.26. The highest BCUT2D eigenvalue weighted by atomic mass is 16.3. The standard InChI is InChI=1S/C16H25NO/c1-11-4-6-15(13(3)8-11)17-10-14-9-12(2)5-7-16(14)18/h5,7,9,11,13,15,17-18H,4,6,8,10H2,1-3H3. The molecule has 0 radical (unpaired) electrons. The molecular formula is C16H25NO. The highest BCUT2D eigenvalue weighted by Gasteiger charge is 2.24. The Bertz CT molecular complexity index is 402. The van der Waals surface area contributed by atoms with Crippen molar-refractivity contribution >= 4 is 0 Å². The average molecular weight is 247 g/mol. The lowest BCUT2D eigenvalue weighted by Crippen LogP contribution is -2.38. The second kappa shape index (κ2) is 5.75. The van der Waals surface area contributed by atoms with Gasteiger partial charge in [-0.1, -0.05) is 31.5 Å². The van der Waals surface area contributed by atoms with Crippen LogP contribution in [-0.4, -0.2) is 11.1 Å². The fraction of sp³-hybridized carbons (Fsp3) is 0.625. The summed E-state index contributed by atoms with van der Waals surface area (Å²) in [5.74, 6) is 2.01. The number of hydrogen-bond acceptors (Lipinski definition) is 2. The first-order valence-corrected chi connectivity index (χ1v) is 7.08. The first-order chi connectivity index (χ1) is 8.56. The van der Waals surface area contributed by atoms with Crippen molar-refractivity contribution < 1.29 is 5.11 Å².